The zero-order chi connectivity index (χ0) is 25.3. The number of nitrogens with zero attached hydrogens (tertiary/aromatic N) is 5. The number of hydrogen-bond donors (Lipinski definition) is 1. The molecule has 1 aliphatic heterocycles. The summed E-state index contributed by atoms with van der Waals surface area (Å²) in [5.41, 5.74) is -1.06. The van der Waals surface area contributed by atoms with Gasteiger partial charge in [-0.15, -0.1) is 0 Å². The van der Waals surface area contributed by atoms with Gasteiger partial charge in [-0.1, -0.05) is 12.1 Å². The van der Waals surface area contributed by atoms with Gasteiger partial charge >= 0.3 is 11.9 Å². The number of carbonyl (C=O) groups is 1. The lowest BCUT2D eigenvalue weighted by Crippen LogP contribution is -2.46. The summed E-state index contributed by atoms with van der Waals surface area (Å²) in [6, 6.07) is 4.40. The summed E-state index contributed by atoms with van der Waals surface area (Å²) in [4.78, 5) is 44.3. The van der Waals surface area contributed by atoms with Gasteiger partial charge in [-0.3, -0.25) is 19.1 Å². The Labute approximate surface area is 197 Å². The number of benzene rings is 1. The average Bonchev–Trinajstić information content (AvgIpc) is 3.22. The number of amides is 1. The van der Waals surface area contributed by atoms with Crippen molar-refractivity contribution < 1.29 is 22.7 Å². The molecule has 0 radical (unpaired) electrons. The quantitative estimate of drug-likeness (QED) is 0.540. The van der Waals surface area contributed by atoms with Gasteiger partial charge in [-0.05, 0) is 17.7 Å². The number of ether oxygens (including phenoxy) is 1. The molecule has 0 spiro atoms. The Morgan fingerprint density at radius 1 is 1.14 bits per heavy atom. The molecule has 188 valence electrons. The molecule has 2 aromatic heterocycles. The van der Waals surface area contributed by atoms with Crippen molar-refractivity contribution in [3.8, 4) is 0 Å². The number of halogens is 3. The fourth-order valence-electron chi connectivity index (χ4n) is 4.19. The van der Waals surface area contributed by atoms with Crippen molar-refractivity contribution in [2.45, 2.75) is 18.8 Å². The first kappa shape index (κ1) is 24.7. The topological polar surface area (TPSA) is 103 Å². The molecule has 0 bridgehead atoms. The van der Waals surface area contributed by atoms with Crippen molar-refractivity contribution in [2.75, 3.05) is 32.8 Å². The second-order valence-corrected chi connectivity index (χ2v) is 8.35. The summed E-state index contributed by atoms with van der Waals surface area (Å²) in [7, 11) is 3.08. The highest BCUT2D eigenvalue weighted by molar-refractivity contribution is 5.76. The molecule has 10 nitrogen and oxygen atoms in total. The van der Waals surface area contributed by atoms with Gasteiger partial charge in [0.15, 0.2) is 11.2 Å². The van der Waals surface area contributed by atoms with E-state index in [0.29, 0.717) is 31.9 Å². The number of imidazole rings is 1. The molecular formula is C22H25F3N6O4. The molecule has 0 saturated carbocycles. The smallest absolute Gasteiger partial charge is 0.379 e. The van der Waals surface area contributed by atoms with Crippen LogP contribution in [0, 0.1) is 0 Å². The number of carbonyl (C=O) groups excluding carboxylic acids is 1. The highest BCUT2D eigenvalue weighted by Gasteiger charge is 2.31. The van der Waals surface area contributed by atoms with Crippen LogP contribution in [-0.4, -0.2) is 62.3 Å². The van der Waals surface area contributed by atoms with Crippen LogP contribution < -0.4 is 16.6 Å². The van der Waals surface area contributed by atoms with Gasteiger partial charge in [-0.25, -0.2) is 14.3 Å². The van der Waals surface area contributed by atoms with Gasteiger partial charge in [0.05, 0.1) is 31.1 Å². The van der Waals surface area contributed by atoms with Gasteiger partial charge in [-0.2, -0.15) is 13.2 Å². The number of nitrogens with one attached hydrogen (secondary N) is 1. The van der Waals surface area contributed by atoms with E-state index in [1.54, 1.807) is 7.05 Å². The number of alkyl halides is 3. The third-order valence-electron chi connectivity index (χ3n) is 6.10. The Balaban J connectivity index is 1.54. The maximum atomic E-state index is 13.0. The summed E-state index contributed by atoms with van der Waals surface area (Å²) >= 11 is 0. The predicted octanol–water partition coefficient (Wildman–Crippen LogP) is 0.642. The molecule has 1 aromatic carbocycles. The van der Waals surface area contributed by atoms with E-state index in [9.17, 15) is 27.6 Å². The number of fused-ring (bicyclic) bond motifs is 1. The van der Waals surface area contributed by atoms with Crippen LogP contribution >= 0.6 is 0 Å². The van der Waals surface area contributed by atoms with Gasteiger partial charge in [0.2, 0.25) is 5.91 Å². The van der Waals surface area contributed by atoms with Crippen LogP contribution in [0.5, 0.6) is 0 Å². The van der Waals surface area contributed by atoms with Crippen LogP contribution in [0.1, 0.15) is 17.2 Å². The van der Waals surface area contributed by atoms with E-state index < -0.39 is 41.5 Å². The summed E-state index contributed by atoms with van der Waals surface area (Å²) in [6.07, 6.45) is -3.04. The molecule has 1 aliphatic rings. The number of aromatic nitrogens is 4. The van der Waals surface area contributed by atoms with E-state index in [2.05, 4.69) is 10.3 Å². The highest BCUT2D eigenvalue weighted by atomic mass is 19.4. The zero-order valence-electron chi connectivity index (χ0n) is 19.2. The SMILES string of the molecule is Cn1cnc2c1c(=O)n(CC(=O)NCC(c1ccc(C(F)(F)F)cc1)N1CCOCC1)c(=O)n2C. The molecule has 1 atom stereocenters. The highest BCUT2D eigenvalue weighted by Crippen LogP contribution is 2.31. The van der Waals surface area contributed by atoms with Gasteiger partial charge < -0.3 is 14.6 Å². The molecule has 1 amide bonds. The normalized spacial score (nSPS) is 15.9. The van der Waals surface area contributed by atoms with Crippen molar-refractivity contribution in [3.63, 3.8) is 0 Å². The minimum absolute atomic E-state index is 0.0766. The van der Waals surface area contributed by atoms with Crippen LogP contribution in [0.3, 0.4) is 0 Å². The van der Waals surface area contributed by atoms with Crippen molar-refractivity contribution in [2.24, 2.45) is 14.1 Å². The first-order chi connectivity index (χ1) is 16.6. The van der Waals surface area contributed by atoms with Gasteiger partial charge in [0.25, 0.3) is 5.56 Å². The fourth-order valence-corrected chi connectivity index (χ4v) is 4.19. The predicted molar refractivity (Wildman–Crippen MR) is 120 cm³/mol. The lowest BCUT2D eigenvalue weighted by atomic mass is 10.0. The van der Waals surface area contributed by atoms with Crippen LogP contribution in [-0.2, 0) is 36.3 Å². The first-order valence-corrected chi connectivity index (χ1v) is 10.9. The molecule has 13 heteroatoms. The van der Waals surface area contributed by atoms with Crippen molar-refractivity contribution >= 4 is 17.1 Å². The van der Waals surface area contributed by atoms with Crippen LogP contribution in [0.2, 0.25) is 0 Å². The number of morpholine rings is 1. The molecule has 1 fully saturated rings. The zero-order valence-corrected chi connectivity index (χ0v) is 19.2. The minimum Gasteiger partial charge on any atom is -0.379 e. The van der Waals surface area contributed by atoms with Gasteiger partial charge in [0, 0.05) is 33.7 Å². The summed E-state index contributed by atoms with van der Waals surface area (Å²) in [5, 5.41) is 2.73. The standard InChI is InChI=1S/C22H25F3N6O4/c1-28-13-27-19-18(28)20(33)31(21(34)29(19)2)12-17(32)26-11-16(30-7-9-35-10-8-30)14-3-5-15(6-4-14)22(23,24)25/h3-6,13,16H,7-12H2,1-2H3,(H,26,32). The van der Waals surface area contributed by atoms with Crippen molar-refractivity contribution in [3.05, 3.63) is 62.6 Å². The molecule has 4 rings (SSSR count). The lowest BCUT2D eigenvalue weighted by Gasteiger charge is -2.35. The Morgan fingerprint density at radius 2 is 1.80 bits per heavy atom. The Kier molecular flexibility index (Phi) is 6.81. The average molecular weight is 494 g/mol. The molecule has 35 heavy (non-hydrogen) atoms. The first-order valence-electron chi connectivity index (χ1n) is 10.9. The maximum absolute atomic E-state index is 13.0. The molecule has 3 aromatic rings. The van der Waals surface area contributed by atoms with E-state index in [0.717, 1.165) is 16.7 Å². The maximum Gasteiger partial charge on any atom is 0.416 e. The third-order valence-corrected chi connectivity index (χ3v) is 6.10. The van der Waals surface area contributed by atoms with Crippen molar-refractivity contribution in [1.29, 1.82) is 0 Å². The van der Waals surface area contributed by atoms with E-state index in [1.165, 1.54) is 34.6 Å². The van der Waals surface area contributed by atoms with E-state index in [4.69, 9.17) is 4.74 Å². The Hall–Kier alpha value is -3.45. The summed E-state index contributed by atoms with van der Waals surface area (Å²) in [5.74, 6) is -0.573. The second-order valence-electron chi connectivity index (χ2n) is 8.35. The van der Waals surface area contributed by atoms with Crippen LogP contribution in [0.25, 0.3) is 11.2 Å². The minimum atomic E-state index is -4.45. The van der Waals surface area contributed by atoms with E-state index in [1.807, 2.05) is 4.90 Å². The summed E-state index contributed by atoms with van der Waals surface area (Å²) < 4.78 is 47.8. The molecule has 1 unspecified atom stereocenters. The molecule has 1 saturated heterocycles. The molecule has 3 heterocycles. The third kappa shape index (κ3) is 5.00. The Morgan fingerprint density at radius 3 is 2.43 bits per heavy atom. The second kappa shape index (κ2) is 9.66. The molecule has 1 N–H and O–H groups in total. The number of aryl methyl sites for hydroxylation is 2. The van der Waals surface area contributed by atoms with E-state index >= 15 is 0 Å². The Bertz CT molecular complexity index is 1340. The van der Waals surface area contributed by atoms with E-state index in [-0.39, 0.29) is 17.7 Å². The van der Waals surface area contributed by atoms with Crippen LogP contribution in [0.15, 0.2) is 40.2 Å². The largest absolute Gasteiger partial charge is 0.416 e. The van der Waals surface area contributed by atoms with Crippen LogP contribution in [0.4, 0.5) is 13.2 Å². The number of hydrogen-bond acceptors (Lipinski definition) is 6. The fraction of sp³-hybridized carbons (Fsp3) is 0.455. The van der Waals surface area contributed by atoms with Gasteiger partial charge in [0.1, 0.15) is 6.54 Å². The lowest BCUT2D eigenvalue weighted by molar-refractivity contribution is -0.137. The molecular weight excluding hydrogens is 469 g/mol. The van der Waals surface area contributed by atoms with Crippen molar-refractivity contribution in [1.82, 2.24) is 28.9 Å². The summed E-state index contributed by atoms with van der Waals surface area (Å²) in [6.45, 7) is 1.57. The monoisotopic (exact) mass is 494 g/mol. The molecule has 0 aliphatic carbocycles. The number of rotatable bonds is 6.